The van der Waals surface area contributed by atoms with E-state index < -0.39 is 5.91 Å². The van der Waals surface area contributed by atoms with Crippen molar-refractivity contribution in [2.45, 2.75) is 14.0 Å². The molecule has 0 unspecified atom stereocenters. The van der Waals surface area contributed by atoms with E-state index in [1.807, 2.05) is 36.4 Å². The minimum atomic E-state index is -0.430. The van der Waals surface area contributed by atoms with E-state index in [0.29, 0.717) is 27.6 Å². The van der Waals surface area contributed by atoms with Crippen molar-refractivity contribution in [1.29, 1.82) is 0 Å². The smallest absolute Gasteiger partial charge is 0.255 e. The quantitative estimate of drug-likeness (QED) is 0.418. The van der Waals surface area contributed by atoms with Crippen LogP contribution in [0.4, 0.5) is 0 Å². The van der Waals surface area contributed by atoms with E-state index in [2.05, 4.69) is 10.3 Å². The zero-order valence-corrected chi connectivity index (χ0v) is 16.1. The van der Waals surface area contributed by atoms with E-state index in [4.69, 9.17) is 16.3 Å². The number of aromatic nitrogens is 1. The monoisotopic (exact) mass is 420 g/mol. The van der Waals surface area contributed by atoms with Crippen LogP contribution < -0.4 is 10.1 Å². The summed E-state index contributed by atoms with van der Waals surface area (Å²) in [4.78, 5) is 16.8. The maximum Gasteiger partial charge on any atom is 0.255 e. The zero-order valence-electron chi connectivity index (χ0n) is 15.3. The third-order valence-electron chi connectivity index (χ3n) is 4.47. The lowest BCUT2D eigenvalue weighted by molar-refractivity contribution is 0.0948. The van der Waals surface area contributed by atoms with E-state index >= 15 is 0 Å². The Morgan fingerprint density at radius 3 is 2.60 bits per heavy atom. The largest absolute Gasteiger partial charge is 0.505 e. The van der Waals surface area contributed by atoms with Crippen LogP contribution in [-0.2, 0) is 6.54 Å². The van der Waals surface area contributed by atoms with E-state index in [-0.39, 0.29) is 25.3 Å². The average Bonchev–Trinajstić information content (AvgIpc) is 2.74. The number of hydrogen-bond donors (Lipinski definition) is 2. The molecule has 0 bridgehead atoms. The maximum absolute atomic E-state index is 12.7. The van der Waals surface area contributed by atoms with Crippen LogP contribution in [0.25, 0.3) is 10.9 Å². The van der Waals surface area contributed by atoms with Crippen molar-refractivity contribution in [1.82, 2.24) is 10.3 Å². The Morgan fingerprint density at radius 2 is 1.80 bits per heavy atom. The van der Waals surface area contributed by atoms with E-state index in [9.17, 15) is 9.90 Å². The predicted octanol–water partition coefficient (Wildman–Crippen LogP) is 5.95. The van der Waals surface area contributed by atoms with Gasteiger partial charge in [0.25, 0.3) is 5.91 Å². The summed E-state index contributed by atoms with van der Waals surface area (Å²) < 4.78 is 5.91. The summed E-state index contributed by atoms with van der Waals surface area (Å²) in [6.45, 7) is 0.139. The highest BCUT2D eigenvalue weighted by Crippen LogP contribution is 2.31. The van der Waals surface area contributed by atoms with Crippen molar-refractivity contribution in [3.8, 4) is 17.2 Å². The van der Waals surface area contributed by atoms with Crippen LogP contribution >= 0.6 is 11.6 Å². The van der Waals surface area contributed by atoms with Gasteiger partial charge < -0.3 is 15.2 Å². The third kappa shape index (κ3) is 4.36. The number of amides is 1. The number of aromatic hydroxyl groups is 1. The van der Waals surface area contributed by atoms with Gasteiger partial charge in [0, 0.05) is 28.7 Å². The van der Waals surface area contributed by atoms with Crippen LogP contribution in [0.15, 0.2) is 79.0 Å². The molecule has 1 heterocycles. The number of carbonyl (C=O) groups is 1. The van der Waals surface area contributed by atoms with Gasteiger partial charge in [0.15, 0.2) is 5.75 Å². The van der Waals surface area contributed by atoms with Crippen molar-refractivity contribution < 1.29 is 14.6 Å². The Balaban J connectivity index is 0.00000256. The fourth-order valence-corrected chi connectivity index (χ4v) is 3.23. The first-order chi connectivity index (χ1) is 14.1. The first-order valence-electron chi connectivity index (χ1n) is 8.98. The van der Waals surface area contributed by atoms with Crippen LogP contribution in [0.2, 0.25) is 5.02 Å². The Bertz CT molecular complexity index is 1180. The first kappa shape index (κ1) is 21.1. The fraction of sp³-hybridized carbons (Fsp3) is 0.0833. The highest BCUT2D eigenvalue weighted by atomic mass is 35.5. The van der Waals surface area contributed by atoms with Crippen LogP contribution in [0.5, 0.6) is 17.2 Å². The van der Waals surface area contributed by atoms with E-state index in [0.717, 1.165) is 5.39 Å². The molecule has 4 aromatic rings. The summed E-state index contributed by atoms with van der Waals surface area (Å²) in [6.07, 6.45) is 1.57. The van der Waals surface area contributed by atoms with E-state index in [1.165, 1.54) is 0 Å². The molecule has 0 aliphatic carbocycles. The summed E-state index contributed by atoms with van der Waals surface area (Å²) in [6, 6.07) is 21.5. The van der Waals surface area contributed by atoms with Crippen LogP contribution in [0, 0.1) is 0 Å². The molecule has 0 atom stereocenters. The Kier molecular flexibility index (Phi) is 6.54. The molecule has 0 saturated heterocycles. The van der Waals surface area contributed by atoms with Gasteiger partial charge in [-0.15, -0.1) is 0 Å². The minimum absolute atomic E-state index is 0. The molecular weight excluding hydrogens is 400 g/mol. The van der Waals surface area contributed by atoms with E-state index in [1.54, 1.807) is 42.6 Å². The van der Waals surface area contributed by atoms with Crippen molar-refractivity contribution >= 4 is 28.4 Å². The zero-order chi connectivity index (χ0) is 20.2. The molecule has 5 nitrogen and oxygen atoms in total. The van der Waals surface area contributed by atoms with Crippen LogP contribution in [0.1, 0.15) is 23.3 Å². The molecule has 1 aromatic heterocycles. The lowest BCUT2D eigenvalue weighted by atomic mass is 10.1. The number of hydrogen-bond acceptors (Lipinski definition) is 4. The molecule has 0 spiro atoms. The fourth-order valence-electron chi connectivity index (χ4n) is 3.00. The van der Waals surface area contributed by atoms with Gasteiger partial charge in [0.2, 0.25) is 0 Å². The van der Waals surface area contributed by atoms with Gasteiger partial charge in [-0.2, -0.15) is 0 Å². The van der Waals surface area contributed by atoms with Gasteiger partial charge in [-0.3, -0.25) is 9.78 Å². The lowest BCUT2D eigenvalue weighted by Crippen LogP contribution is -2.23. The summed E-state index contributed by atoms with van der Waals surface area (Å²) >= 11 is 6.34. The molecule has 0 radical (unpaired) electrons. The minimum Gasteiger partial charge on any atom is -0.505 e. The number of nitrogens with zero attached hydrogens (tertiary/aromatic N) is 1. The van der Waals surface area contributed by atoms with Crippen molar-refractivity contribution in [3.05, 3.63) is 95.1 Å². The second kappa shape index (κ2) is 9.29. The first-order valence-corrected chi connectivity index (χ1v) is 9.36. The number of fused-ring (bicyclic) bond motifs is 1. The molecular formula is C24H21ClN2O3. The molecule has 3 aromatic carbocycles. The number of phenols is 1. The van der Waals surface area contributed by atoms with Crippen LogP contribution in [-0.4, -0.2) is 16.0 Å². The van der Waals surface area contributed by atoms with Gasteiger partial charge in [-0.25, -0.2) is 0 Å². The molecule has 30 heavy (non-hydrogen) atoms. The van der Waals surface area contributed by atoms with Crippen LogP contribution in [0.3, 0.4) is 0 Å². The molecule has 0 aliphatic rings. The van der Waals surface area contributed by atoms with Crippen molar-refractivity contribution in [3.63, 3.8) is 0 Å². The number of rotatable bonds is 5. The van der Waals surface area contributed by atoms with Gasteiger partial charge in [0.05, 0.1) is 5.56 Å². The van der Waals surface area contributed by atoms with Gasteiger partial charge in [-0.05, 0) is 36.4 Å². The number of ether oxygens (including phenoxy) is 1. The molecule has 6 heteroatoms. The summed E-state index contributed by atoms with van der Waals surface area (Å²) in [7, 11) is 0. The molecule has 0 saturated carbocycles. The van der Waals surface area contributed by atoms with Gasteiger partial charge in [-0.1, -0.05) is 55.4 Å². The SMILES string of the molecule is C.O=C(NCc1c(Cl)cccc1Oc1ccccc1)c1ccc2cccnc2c1O. The number of phenolic OH excluding ortho intramolecular Hbond substituents is 1. The van der Waals surface area contributed by atoms with Crippen molar-refractivity contribution in [2.75, 3.05) is 0 Å². The molecule has 1 amide bonds. The van der Waals surface area contributed by atoms with Crippen molar-refractivity contribution in [2.24, 2.45) is 0 Å². The predicted molar refractivity (Wildman–Crippen MR) is 119 cm³/mol. The number of benzene rings is 3. The highest BCUT2D eigenvalue weighted by Gasteiger charge is 2.16. The number of carbonyl (C=O) groups excluding carboxylic acids is 1. The average molecular weight is 421 g/mol. The summed E-state index contributed by atoms with van der Waals surface area (Å²) in [5.74, 6) is 0.634. The Hall–Kier alpha value is -3.57. The number of nitrogens with one attached hydrogen (secondary N) is 1. The molecule has 0 aliphatic heterocycles. The number of para-hydroxylation sites is 1. The summed E-state index contributed by atoms with van der Waals surface area (Å²) in [5.41, 5.74) is 1.17. The molecule has 152 valence electrons. The lowest BCUT2D eigenvalue weighted by Gasteiger charge is -2.14. The second-order valence-corrected chi connectivity index (χ2v) is 6.76. The molecule has 4 rings (SSSR count). The molecule has 0 fully saturated rings. The normalized spacial score (nSPS) is 10.3. The van der Waals surface area contributed by atoms with Gasteiger partial charge in [0.1, 0.15) is 17.0 Å². The number of pyridine rings is 1. The molecule has 2 N–H and O–H groups in total. The Morgan fingerprint density at radius 1 is 1.00 bits per heavy atom. The second-order valence-electron chi connectivity index (χ2n) is 6.35. The third-order valence-corrected chi connectivity index (χ3v) is 4.82. The maximum atomic E-state index is 12.7. The Labute approximate surface area is 179 Å². The number of halogens is 1. The summed E-state index contributed by atoms with van der Waals surface area (Å²) in [5, 5.41) is 14.5. The topological polar surface area (TPSA) is 71.5 Å². The standard InChI is InChI=1S/C23H17ClN2O3.CH4/c24-19-9-4-10-20(29-16-7-2-1-3-8-16)18(19)14-26-23(28)17-12-11-15-6-5-13-25-21(15)22(17)27;/h1-13,27H,14H2,(H,26,28);1H4. The van der Waals surface area contributed by atoms with Gasteiger partial charge >= 0.3 is 0 Å². The highest BCUT2D eigenvalue weighted by molar-refractivity contribution is 6.31.